The van der Waals surface area contributed by atoms with Crippen molar-refractivity contribution in [1.82, 2.24) is 4.90 Å². The predicted molar refractivity (Wildman–Crippen MR) is 81.9 cm³/mol. The van der Waals surface area contributed by atoms with E-state index in [2.05, 4.69) is 13.8 Å². The van der Waals surface area contributed by atoms with Gasteiger partial charge >= 0.3 is 5.97 Å². The second-order valence-corrected chi connectivity index (χ2v) is 8.10. The lowest BCUT2D eigenvalue weighted by molar-refractivity contribution is -0.153. The second-order valence-electron chi connectivity index (χ2n) is 8.10. The normalized spacial score (nSPS) is 30.1. The smallest absolute Gasteiger partial charge is 0.311 e. The fraction of sp³-hybridized carbons (Fsp3) is 0.882. The van der Waals surface area contributed by atoms with E-state index in [-0.39, 0.29) is 5.91 Å². The largest absolute Gasteiger partial charge is 0.481 e. The van der Waals surface area contributed by atoms with Crippen LogP contribution < -0.4 is 0 Å². The molecule has 4 nitrogen and oxygen atoms in total. The van der Waals surface area contributed by atoms with Crippen LogP contribution >= 0.6 is 0 Å². The van der Waals surface area contributed by atoms with Crippen molar-refractivity contribution in [2.75, 3.05) is 13.1 Å². The number of carboxylic acids is 1. The lowest BCUT2D eigenvalue weighted by Gasteiger charge is -2.39. The van der Waals surface area contributed by atoms with Crippen LogP contribution in [0.15, 0.2) is 0 Å². The fourth-order valence-electron chi connectivity index (χ4n) is 3.67. The Morgan fingerprint density at radius 2 is 1.76 bits per heavy atom. The Hall–Kier alpha value is -1.06. The molecule has 1 saturated carbocycles. The van der Waals surface area contributed by atoms with E-state index < -0.39 is 11.4 Å². The van der Waals surface area contributed by atoms with Crippen LogP contribution in [0.25, 0.3) is 0 Å². The summed E-state index contributed by atoms with van der Waals surface area (Å²) in [5.41, 5.74) is -0.338. The van der Waals surface area contributed by atoms with Crippen LogP contribution in [0.1, 0.15) is 65.7 Å². The molecule has 0 aromatic carbocycles. The number of hydrogen-bond donors (Lipinski definition) is 1. The lowest BCUT2D eigenvalue weighted by atomic mass is 9.72. The van der Waals surface area contributed by atoms with Crippen molar-refractivity contribution in [2.24, 2.45) is 16.7 Å². The van der Waals surface area contributed by atoms with E-state index in [1.807, 2.05) is 0 Å². The maximum atomic E-state index is 12.5. The molecule has 0 aromatic rings. The van der Waals surface area contributed by atoms with E-state index in [1.165, 1.54) is 12.8 Å². The van der Waals surface area contributed by atoms with Crippen LogP contribution in [0.2, 0.25) is 0 Å². The number of carbonyl (C=O) groups excluding carboxylic acids is 1. The Bertz CT molecular complexity index is 408. The number of aliphatic carboxylic acids is 1. The third-order valence-corrected chi connectivity index (χ3v) is 5.49. The molecular weight excluding hydrogens is 266 g/mol. The lowest BCUT2D eigenvalue weighted by Crippen LogP contribution is -2.48. The van der Waals surface area contributed by atoms with Gasteiger partial charge in [0.1, 0.15) is 0 Å². The molecule has 120 valence electrons. The van der Waals surface area contributed by atoms with E-state index >= 15 is 0 Å². The topological polar surface area (TPSA) is 57.6 Å². The Morgan fingerprint density at radius 3 is 2.33 bits per heavy atom. The summed E-state index contributed by atoms with van der Waals surface area (Å²) in [6.07, 6.45) is 6.71. The molecule has 1 N–H and O–H groups in total. The molecule has 2 aliphatic rings. The molecule has 21 heavy (non-hydrogen) atoms. The van der Waals surface area contributed by atoms with Gasteiger partial charge in [-0.15, -0.1) is 0 Å². The average Bonchev–Trinajstić information content (AvgIpc) is 2.41. The highest BCUT2D eigenvalue weighted by atomic mass is 16.4. The van der Waals surface area contributed by atoms with Gasteiger partial charge < -0.3 is 10.0 Å². The molecule has 1 aliphatic carbocycles. The molecule has 1 amide bonds. The van der Waals surface area contributed by atoms with Gasteiger partial charge in [0.25, 0.3) is 0 Å². The Morgan fingerprint density at radius 1 is 1.14 bits per heavy atom. The summed E-state index contributed by atoms with van der Waals surface area (Å²) in [6.45, 7) is 7.46. The SMILES string of the molecule is CC1(C)CCC(CC(=O)N2CCCC(C)(C(=O)O)C2)CC1. The number of carbonyl (C=O) groups is 2. The first kappa shape index (κ1) is 16.3. The highest BCUT2D eigenvalue weighted by molar-refractivity contribution is 5.79. The monoisotopic (exact) mass is 295 g/mol. The Kier molecular flexibility index (Phi) is 4.64. The van der Waals surface area contributed by atoms with Crippen molar-refractivity contribution in [2.45, 2.75) is 65.7 Å². The van der Waals surface area contributed by atoms with E-state index in [0.717, 1.165) is 25.8 Å². The third kappa shape index (κ3) is 3.98. The molecule has 4 heteroatoms. The van der Waals surface area contributed by atoms with Gasteiger partial charge in [0.2, 0.25) is 5.91 Å². The number of carboxylic acid groups (broad SMARTS) is 1. The van der Waals surface area contributed by atoms with E-state index in [0.29, 0.717) is 30.7 Å². The van der Waals surface area contributed by atoms with Gasteiger partial charge in [-0.2, -0.15) is 0 Å². The van der Waals surface area contributed by atoms with Crippen LogP contribution in [0.4, 0.5) is 0 Å². The molecular formula is C17H29NO3. The standard InChI is InChI=1S/C17H29NO3/c1-16(2)8-5-13(6-9-16)11-14(19)18-10-4-7-17(3,12-18)15(20)21/h13H,4-12H2,1-3H3,(H,20,21). The first-order valence-corrected chi connectivity index (χ1v) is 8.23. The van der Waals surface area contributed by atoms with Crippen molar-refractivity contribution in [3.05, 3.63) is 0 Å². The quantitative estimate of drug-likeness (QED) is 0.869. The molecule has 0 bridgehead atoms. The van der Waals surface area contributed by atoms with E-state index in [4.69, 9.17) is 0 Å². The van der Waals surface area contributed by atoms with Crippen LogP contribution in [0.3, 0.4) is 0 Å². The molecule has 0 radical (unpaired) electrons. The minimum atomic E-state index is -0.778. The summed E-state index contributed by atoms with van der Waals surface area (Å²) in [5, 5.41) is 9.34. The zero-order valence-electron chi connectivity index (χ0n) is 13.7. The van der Waals surface area contributed by atoms with Crippen molar-refractivity contribution in [1.29, 1.82) is 0 Å². The predicted octanol–water partition coefficient (Wildman–Crippen LogP) is 3.31. The second kappa shape index (κ2) is 5.98. The highest BCUT2D eigenvalue weighted by Crippen LogP contribution is 2.39. The van der Waals surface area contributed by atoms with Crippen LogP contribution in [0.5, 0.6) is 0 Å². The van der Waals surface area contributed by atoms with Gasteiger partial charge in [-0.3, -0.25) is 9.59 Å². The molecule has 2 rings (SSSR count). The van der Waals surface area contributed by atoms with Crippen molar-refractivity contribution < 1.29 is 14.7 Å². The van der Waals surface area contributed by atoms with Gasteiger partial charge in [-0.05, 0) is 56.8 Å². The third-order valence-electron chi connectivity index (χ3n) is 5.49. The fourth-order valence-corrected chi connectivity index (χ4v) is 3.67. The van der Waals surface area contributed by atoms with Gasteiger partial charge in [0, 0.05) is 19.5 Å². The maximum Gasteiger partial charge on any atom is 0.311 e. The summed E-state index contributed by atoms with van der Waals surface area (Å²) < 4.78 is 0. The molecule has 1 unspecified atom stereocenters. The summed E-state index contributed by atoms with van der Waals surface area (Å²) in [4.78, 5) is 25.6. The first-order chi connectivity index (χ1) is 9.72. The zero-order chi connectivity index (χ0) is 15.7. The van der Waals surface area contributed by atoms with E-state index in [1.54, 1.807) is 11.8 Å². The Balaban J connectivity index is 1.87. The van der Waals surface area contributed by atoms with Crippen LogP contribution in [-0.4, -0.2) is 35.0 Å². The number of amides is 1. The number of nitrogens with zero attached hydrogens (tertiary/aromatic N) is 1. The summed E-state index contributed by atoms with van der Waals surface area (Å²) >= 11 is 0. The highest BCUT2D eigenvalue weighted by Gasteiger charge is 2.39. The molecule has 2 fully saturated rings. The van der Waals surface area contributed by atoms with E-state index in [9.17, 15) is 14.7 Å². The summed E-state index contributed by atoms with van der Waals surface area (Å²) in [5.74, 6) is -0.130. The minimum Gasteiger partial charge on any atom is -0.481 e. The molecule has 1 atom stereocenters. The maximum absolute atomic E-state index is 12.5. The van der Waals surface area contributed by atoms with Crippen molar-refractivity contribution in [3.8, 4) is 0 Å². The molecule has 1 aliphatic heterocycles. The Labute approximate surface area is 127 Å². The van der Waals surface area contributed by atoms with Gasteiger partial charge in [0.15, 0.2) is 0 Å². The number of piperidine rings is 1. The number of rotatable bonds is 3. The molecule has 1 saturated heterocycles. The van der Waals surface area contributed by atoms with Gasteiger partial charge in [0.05, 0.1) is 5.41 Å². The first-order valence-electron chi connectivity index (χ1n) is 8.23. The molecule has 0 spiro atoms. The van der Waals surface area contributed by atoms with Gasteiger partial charge in [-0.25, -0.2) is 0 Å². The summed E-state index contributed by atoms with van der Waals surface area (Å²) in [6, 6.07) is 0. The van der Waals surface area contributed by atoms with Crippen molar-refractivity contribution in [3.63, 3.8) is 0 Å². The van der Waals surface area contributed by atoms with Gasteiger partial charge in [-0.1, -0.05) is 13.8 Å². The van der Waals surface area contributed by atoms with Crippen LogP contribution in [0, 0.1) is 16.7 Å². The molecule has 1 heterocycles. The molecule has 0 aromatic heterocycles. The number of hydrogen-bond acceptors (Lipinski definition) is 2. The minimum absolute atomic E-state index is 0.159. The van der Waals surface area contributed by atoms with Crippen LogP contribution in [-0.2, 0) is 9.59 Å². The summed E-state index contributed by atoms with van der Waals surface area (Å²) in [7, 11) is 0. The number of likely N-dealkylation sites (tertiary alicyclic amines) is 1. The zero-order valence-corrected chi connectivity index (χ0v) is 13.7. The van der Waals surface area contributed by atoms with Crippen molar-refractivity contribution >= 4 is 11.9 Å². The average molecular weight is 295 g/mol.